The summed E-state index contributed by atoms with van der Waals surface area (Å²) in [6, 6.07) is 5.17. The first-order valence-electron chi connectivity index (χ1n) is 6.16. The van der Waals surface area contributed by atoms with E-state index in [1.807, 2.05) is 0 Å². The van der Waals surface area contributed by atoms with Crippen molar-refractivity contribution in [3.05, 3.63) is 39.5 Å². The Morgan fingerprint density at radius 3 is 2.08 bits per heavy atom. The molecule has 0 spiro atoms. The van der Waals surface area contributed by atoms with E-state index in [0.717, 1.165) is 12.3 Å². The zero-order chi connectivity index (χ0) is 20.1. The largest absolute Gasteiger partial charge is 0.464 e. The second-order valence-corrected chi connectivity index (χ2v) is 8.35. The minimum absolute atomic E-state index is 0.288. The van der Waals surface area contributed by atoms with Crippen molar-refractivity contribution in [2.75, 3.05) is 0 Å². The second-order valence-electron chi connectivity index (χ2n) is 4.74. The van der Waals surface area contributed by atoms with Gasteiger partial charge in [-0.25, -0.2) is 8.42 Å². The van der Waals surface area contributed by atoms with E-state index >= 15 is 0 Å². The van der Waals surface area contributed by atoms with Gasteiger partial charge in [-0.05, 0) is 34.1 Å². The van der Waals surface area contributed by atoms with E-state index < -0.39 is 37.6 Å². The van der Waals surface area contributed by atoms with E-state index in [2.05, 4.69) is 37.9 Å². The standard InChI is InChI=1S/C13H4Br2F7O3S/c14-6-4-7(15)10(8-2-1-3-25-8)9(5-6)26(23,24)13(21,22)11(16,17)12(18,19)20/h1-3,5H. The van der Waals surface area contributed by atoms with Crippen molar-refractivity contribution in [2.45, 2.75) is 22.2 Å². The summed E-state index contributed by atoms with van der Waals surface area (Å²) in [4.78, 5) is -1.50. The lowest BCUT2D eigenvalue weighted by Gasteiger charge is -2.28. The maximum Gasteiger partial charge on any atom is 0.461 e. The lowest BCUT2D eigenvalue weighted by atomic mass is 10.2. The van der Waals surface area contributed by atoms with E-state index in [4.69, 9.17) is 4.42 Å². The van der Waals surface area contributed by atoms with E-state index in [0.29, 0.717) is 6.07 Å². The van der Waals surface area contributed by atoms with Crippen LogP contribution in [0.4, 0.5) is 30.7 Å². The summed E-state index contributed by atoms with van der Waals surface area (Å²) in [5, 5.41) is -6.49. The van der Waals surface area contributed by atoms with Crippen LogP contribution in [0.2, 0.25) is 0 Å². The number of furan rings is 1. The molecule has 2 aromatic rings. The third-order valence-electron chi connectivity index (χ3n) is 3.07. The van der Waals surface area contributed by atoms with E-state index in [9.17, 15) is 39.2 Å². The first kappa shape index (κ1) is 21.2. The molecule has 13 heteroatoms. The highest BCUT2D eigenvalue weighted by molar-refractivity contribution is 9.11. The maximum absolute atomic E-state index is 13.9. The van der Waals surface area contributed by atoms with Crippen molar-refractivity contribution >= 4 is 41.7 Å². The predicted octanol–water partition coefficient (Wildman–Crippen LogP) is 5.84. The smallest absolute Gasteiger partial charge is 0.461 e. The summed E-state index contributed by atoms with van der Waals surface area (Å²) in [7, 11) is -6.52. The topological polar surface area (TPSA) is 47.3 Å². The van der Waals surface area contributed by atoms with Gasteiger partial charge in [-0.1, -0.05) is 15.9 Å². The lowest BCUT2D eigenvalue weighted by molar-refractivity contribution is -0.332. The molecular formula is C13H4Br2F7O3S. The van der Waals surface area contributed by atoms with Crippen LogP contribution in [-0.2, 0) is 9.84 Å². The number of halogens is 9. The lowest BCUT2D eigenvalue weighted by Crippen LogP contribution is -2.56. The molecule has 1 radical (unpaired) electrons. The van der Waals surface area contributed by atoms with Crippen molar-refractivity contribution < 1.29 is 43.6 Å². The average molecular weight is 533 g/mol. The van der Waals surface area contributed by atoms with Gasteiger partial charge in [0.1, 0.15) is 5.76 Å². The molecule has 1 aromatic heterocycles. The van der Waals surface area contributed by atoms with Gasteiger partial charge in [0.15, 0.2) is 0 Å². The van der Waals surface area contributed by atoms with Gasteiger partial charge in [-0.15, -0.1) is 0 Å². The molecule has 0 atom stereocenters. The van der Waals surface area contributed by atoms with Crippen LogP contribution in [0.25, 0.3) is 11.3 Å². The van der Waals surface area contributed by atoms with Gasteiger partial charge < -0.3 is 4.42 Å². The number of rotatable bonds is 4. The molecule has 2 rings (SSSR count). The van der Waals surface area contributed by atoms with Crippen molar-refractivity contribution in [3.63, 3.8) is 0 Å². The Morgan fingerprint density at radius 2 is 1.62 bits per heavy atom. The predicted molar refractivity (Wildman–Crippen MR) is 81.5 cm³/mol. The third-order valence-corrected chi connectivity index (χ3v) is 5.92. The normalized spacial score (nSPS) is 13.9. The Kier molecular flexibility index (Phi) is 5.32. The Hall–Kier alpha value is -1.08. The SMILES string of the molecule is O=S(=O)(c1cc(Br)[c]c(Br)c1-c1ccco1)C(F)(F)C(F)(F)C(F)(F)F. The quantitative estimate of drug-likeness (QED) is 0.465. The van der Waals surface area contributed by atoms with Crippen molar-refractivity contribution in [2.24, 2.45) is 0 Å². The molecule has 143 valence electrons. The average Bonchev–Trinajstić information content (AvgIpc) is 2.98. The number of hydrogen-bond acceptors (Lipinski definition) is 3. The molecular weight excluding hydrogens is 529 g/mol. The summed E-state index contributed by atoms with van der Waals surface area (Å²) < 4.78 is 120. The van der Waals surface area contributed by atoms with Crippen LogP contribution in [0.1, 0.15) is 0 Å². The van der Waals surface area contributed by atoms with E-state index in [1.165, 1.54) is 6.07 Å². The van der Waals surface area contributed by atoms with Crippen molar-refractivity contribution in [3.8, 4) is 11.3 Å². The van der Waals surface area contributed by atoms with Crippen LogP contribution in [0.15, 0.2) is 42.7 Å². The molecule has 3 nitrogen and oxygen atoms in total. The molecule has 0 amide bonds. The van der Waals surface area contributed by atoms with Gasteiger partial charge in [-0.3, -0.25) is 0 Å². The molecule has 1 heterocycles. The second kappa shape index (κ2) is 6.51. The molecule has 0 aliphatic heterocycles. The van der Waals surface area contributed by atoms with Crippen molar-refractivity contribution in [1.29, 1.82) is 0 Å². The monoisotopic (exact) mass is 531 g/mol. The maximum atomic E-state index is 13.9. The third kappa shape index (κ3) is 3.17. The van der Waals surface area contributed by atoms with Gasteiger partial charge in [0.25, 0.3) is 9.84 Å². The zero-order valence-electron chi connectivity index (χ0n) is 11.8. The molecule has 26 heavy (non-hydrogen) atoms. The highest BCUT2D eigenvalue weighted by Gasteiger charge is 2.78. The fraction of sp³-hybridized carbons (Fsp3) is 0.231. The van der Waals surface area contributed by atoms with E-state index in [1.54, 1.807) is 0 Å². The minimum Gasteiger partial charge on any atom is -0.464 e. The van der Waals surface area contributed by atoms with Crippen LogP contribution < -0.4 is 0 Å². The summed E-state index contributed by atoms with van der Waals surface area (Å²) in [5.41, 5.74) is -0.684. The van der Waals surface area contributed by atoms with Crippen molar-refractivity contribution in [1.82, 2.24) is 0 Å². The van der Waals surface area contributed by atoms with Gasteiger partial charge in [-0.2, -0.15) is 30.7 Å². The Morgan fingerprint density at radius 1 is 1.04 bits per heavy atom. The van der Waals surface area contributed by atoms with E-state index in [-0.39, 0.29) is 14.7 Å². The number of hydrogen-bond donors (Lipinski definition) is 0. The Balaban J connectivity index is 2.83. The minimum atomic E-state index is -6.84. The molecule has 0 aliphatic rings. The van der Waals surface area contributed by atoms with Crippen LogP contribution in [0.5, 0.6) is 0 Å². The van der Waals surface area contributed by atoms with Crippen LogP contribution in [0.3, 0.4) is 0 Å². The van der Waals surface area contributed by atoms with Gasteiger partial charge in [0.05, 0.1) is 16.7 Å². The Bertz CT molecular complexity index is 922. The molecule has 0 bridgehead atoms. The molecule has 0 saturated carbocycles. The summed E-state index contributed by atoms with van der Waals surface area (Å²) in [6.07, 6.45) is -5.79. The molecule has 0 unspecified atom stereocenters. The first-order valence-corrected chi connectivity index (χ1v) is 9.23. The summed E-state index contributed by atoms with van der Waals surface area (Å²) in [5.74, 6) is -7.21. The number of sulfone groups is 1. The van der Waals surface area contributed by atoms with Gasteiger partial charge in [0.2, 0.25) is 0 Å². The number of benzene rings is 1. The zero-order valence-corrected chi connectivity index (χ0v) is 15.8. The van der Waals surface area contributed by atoms with Gasteiger partial charge >= 0.3 is 17.4 Å². The fourth-order valence-corrected chi connectivity index (χ4v) is 4.91. The molecule has 1 aromatic carbocycles. The molecule has 0 aliphatic carbocycles. The summed E-state index contributed by atoms with van der Waals surface area (Å²) >= 11 is 5.53. The van der Waals surface area contributed by atoms with Crippen LogP contribution >= 0.6 is 31.9 Å². The highest BCUT2D eigenvalue weighted by atomic mass is 79.9. The van der Waals surface area contributed by atoms with Crippen LogP contribution in [-0.4, -0.2) is 25.8 Å². The first-order chi connectivity index (χ1) is 11.6. The van der Waals surface area contributed by atoms with Gasteiger partial charge in [0, 0.05) is 15.0 Å². The molecule has 0 saturated heterocycles. The fourth-order valence-electron chi connectivity index (χ4n) is 1.83. The molecule has 0 N–H and O–H groups in total. The molecule has 0 fully saturated rings. The number of alkyl halides is 7. The Labute approximate surface area is 158 Å². The highest BCUT2D eigenvalue weighted by Crippen LogP contribution is 2.52. The van der Waals surface area contributed by atoms with Crippen LogP contribution in [0, 0.1) is 6.07 Å². The summed E-state index contributed by atoms with van der Waals surface area (Å²) in [6.45, 7) is 0.